The van der Waals surface area contributed by atoms with Gasteiger partial charge in [-0.1, -0.05) is 23.2 Å². The Labute approximate surface area is 97.4 Å². The van der Waals surface area contributed by atoms with E-state index in [2.05, 4.69) is 5.32 Å². The van der Waals surface area contributed by atoms with Crippen LogP contribution in [0.2, 0.25) is 10.0 Å². The molecule has 78 valence electrons. The van der Waals surface area contributed by atoms with Gasteiger partial charge >= 0.3 is 5.97 Å². The molecule has 0 amide bonds. The largest absolute Gasteiger partial charge is 0.480 e. The van der Waals surface area contributed by atoms with Gasteiger partial charge in [0.2, 0.25) is 0 Å². The molecule has 1 rings (SSSR count). The Morgan fingerprint density at radius 3 is 2.50 bits per heavy atom. The van der Waals surface area contributed by atoms with Crippen molar-refractivity contribution in [2.24, 2.45) is 0 Å². The lowest BCUT2D eigenvalue weighted by Gasteiger charge is -2.03. The highest BCUT2D eigenvalue weighted by Gasteiger charge is 2.00. The summed E-state index contributed by atoms with van der Waals surface area (Å²) in [6, 6.07) is 4.85. The van der Waals surface area contributed by atoms with E-state index in [4.69, 9.17) is 28.3 Å². The van der Waals surface area contributed by atoms with E-state index in [1.807, 2.05) is 0 Å². The molecule has 0 fully saturated rings. The lowest BCUT2D eigenvalue weighted by molar-refractivity contribution is -0.134. The van der Waals surface area contributed by atoms with Crippen LogP contribution >= 0.6 is 35.6 Å². The second-order valence-electron chi connectivity index (χ2n) is 2.38. The average Bonchev–Trinajstić information content (AvgIpc) is 2.07. The van der Waals surface area contributed by atoms with Gasteiger partial charge in [0.15, 0.2) is 0 Å². The molecule has 0 aliphatic heterocycles. The maximum absolute atomic E-state index is 10.2. The van der Waals surface area contributed by atoms with Crippen molar-refractivity contribution in [1.29, 1.82) is 0 Å². The average molecular weight is 257 g/mol. The van der Waals surface area contributed by atoms with E-state index in [-0.39, 0.29) is 19.0 Å². The van der Waals surface area contributed by atoms with Crippen molar-refractivity contribution in [3.8, 4) is 0 Å². The zero-order chi connectivity index (χ0) is 9.84. The molecule has 14 heavy (non-hydrogen) atoms. The first-order valence-electron chi connectivity index (χ1n) is 3.50. The van der Waals surface area contributed by atoms with Crippen LogP contribution in [0.3, 0.4) is 0 Å². The monoisotopic (exact) mass is 255 g/mol. The molecule has 1 aromatic carbocycles. The molecule has 0 aliphatic rings. The minimum atomic E-state index is -0.925. The Kier molecular flexibility index (Phi) is 5.69. The highest BCUT2D eigenvalue weighted by molar-refractivity contribution is 6.42. The normalized spacial score (nSPS) is 9.00. The summed E-state index contributed by atoms with van der Waals surface area (Å²) < 4.78 is 0. The standard InChI is InChI=1S/C8H7Cl2NO2.ClH/c9-6-2-1-5(3-7(6)10)11-4-8(12)13;/h1-3,11H,4H2,(H,12,13);1H. The van der Waals surface area contributed by atoms with Crippen molar-refractivity contribution in [2.75, 3.05) is 11.9 Å². The highest BCUT2D eigenvalue weighted by Crippen LogP contribution is 2.24. The van der Waals surface area contributed by atoms with E-state index >= 15 is 0 Å². The van der Waals surface area contributed by atoms with Crippen LogP contribution in [-0.2, 0) is 4.79 Å². The number of nitrogens with one attached hydrogen (secondary N) is 1. The van der Waals surface area contributed by atoms with E-state index in [0.29, 0.717) is 15.7 Å². The Balaban J connectivity index is 0.00000169. The van der Waals surface area contributed by atoms with Gasteiger partial charge in [0.1, 0.15) is 6.54 Å². The van der Waals surface area contributed by atoms with E-state index in [1.165, 1.54) is 0 Å². The van der Waals surface area contributed by atoms with E-state index < -0.39 is 5.97 Å². The van der Waals surface area contributed by atoms with Crippen LogP contribution in [0.1, 0.15) is 0 Å². The molecule has 0 saturated heterocycles. The number of aliphatic carboxylic acids is 1. The molecule has 0 saturated carbocycles. The van der Waals surface area contributed by atoms with E-state index in [9.17, 15) is 4.79 Å². The van der Waals surface area contributed by atoms with Crippen LogP contribution < -0.4 is 5.32 Å². The van der Waals surface area contributed by atoms with Crippen molar-refractivity contribution in [3.63, 3.8) is 0 Å². The number of hydrogen-bond acceptors (Lipinski definition) is 2. The highest BCUT2D eigenvalue weighted by atomic mass is 35.5. The smallest absolute Gasteiger partial charge is 0.322 e. The van der Waals surface area contributed by atoms with Gasteiger partial charge in [0.25, 0.3) is 0 Å². The van der Waals surface area contributed by atoms with Crippen molar-refractivity contribution in [3.05, 3.63) is 28.2 Å². The predicted octanol–water partition coefficient (Wildman–Crippen LogP) is 2.91. The zero-order valence-electron chi connectivity index (χ0n) is 6.96. The Hall–Kier alpha value is -0.640. The van der Waals surface area contributed by atoms with Gasteiger partial charge < -0.3 is 10.4 Å². The Morgan fingerprint density at radius 2 is 2.00 bits per heavy atom. The summed E-state index contributed by atoms with van der Waals surface area (Å²) in [6.07, 6.45) is 0. The fraction of sp³-hybridized carbons (Fsp3) is 0.125. The van der Waals surface area contributed by atoms with Crippen LogP contribution in [0.4, 0.5) is 5.69 Å². The summed E-state index contributed by atoms with van der Waals surface area (Å²) in [5, 5.41) is 11.9. The number of rotatable bonds is 3. The molecule has 6 heteroatoms. The van der Waals surface area contributed by atoms with Gasteiger partial charge in [0.05, 0.1) is 10.0 Å². The van der Waals surface area contributed by atoms with Crippen molar-refractivity contribution >= 4 is 47.3 Å². The molecular formula is C8H8Cl3NO2. The summed E-state index contributed by atoms with van der Waals surface area (Å²) in [6.45, 7) is -0.141. The van der Waals surface area contributed by atoms with Crippen molar-refractivity contribution in [1.82, 2.24) is 0 Å². The number of carbonyl (C=O) groups is 1. The summed E-state index contributed by atoms with van der Waals surface area (Å²) in [5.41, 5.74) is 0.636. The minimum Gasteiger partial charge on any atom is -0.480 e. The summed E-state index contributed by atoms with van der Waals surface area (Å²) >= 11 is 11.4. The fourth-order valence-corrected chi connectivity index (χ4v) is 1.08. The van der Waals surface area contributed by atoms with Gasteiger partial charge in [-0.25, -0.2) is 0 Å². The third-order valence-corrected chi connectivity index (χ3v) is 2.10. The molecule has 3 nitrogen and oxygen atoms in total. The zero-order valence-corrected chi connectivity index (χ0v) is 9.29. The van der Waals surface area contributed by atoms with Crippen LogP contribution in [0.5, 0.6) is 0 Å². The number of carboxylic acids is 1. The molecule has 0 bridgehead atoms. The van der Waals surface area contributed by atoms with Gasteiger partial charge in [0, 0.05) is 5.69 Å². The molecule has 0 spiro atoms. The third-order valence-electron chi connectivity index (χ3n) is 1.36. The maximum Gasteiger partial charge on any atom is 0.322 e. The topological polar surface area (TPSA) is 49.3 Å². The second-order valence-corrected chi connectivity index (χ2v) is 3.19. The molecule has 0 atom stereocenters. The summed E-state index contributed by atoms with van der Waals surface area (Å²) in [7, 11) is 0. The molecule has 0 unspecified atom stereocenters. The van der Waals surface area contributed by atoms with Crippen molar-refractivity contribution < 1.29 is 9.90 Å². The molecule has 1 aromatic rings. The van der Waals surface area contributed by atoms with Gasteiger partial charge in [-0.3, -0.25) is 4.79 Å². The quantitative estimate of drug-likeness (QED) is 0.874. The molecule has 0 radical (unpaired) electrons. The molecule has 0 aromatic heterocycles. The first-order chi connectivity index (χ1) is 6.09. The van der Waals surface area contributed by atoms with E-state index in [1.54, 1.807) is 18.2 Å². The first kappa shape index (κ1) is 13.4. The fourth-order valence-electron chi connectivity index (χ4n) is 0.784. The van der Waals surface area contributed by atoms with E-state index in [0.717, 1.165) is 0 Å². The van der Waals surface area contributed by atoms with Crippen LogP contribution in [0.15, 0.2) is 18.2 Å². The number of carboxylic acid groups (broad SMARTS) is 1. The van der Waals surface area contributed by atoms with Gasteiger partial charge in [-0.05, 0) is 18.2 Å². The molecule has 2 N–H and O–H groups in total. The number of benzene rings is 1. The van der Waals surface area contributed by atoms with Crippen LogP contribution in [0, 0.1) is 0 Å². The first-order valence-corrected chi connectivity index (χ1v) is 4.26. The van der Waals surface area contributed by atoms with Gasteiger partial charge in [-0.2, -0.15) is 0 Å². The molecular weight excluding hydrogens is 248 g/mol. The SMILES string of the molecule is Cl.O=C(O)CNc1ccc(Cl)c(Cl)c1. The second kappa shape index (κ2) is 5.96. The lowest BCUT2D eigenvalue weighted by atomic mass is 10.3. The molecule has 0 heterocycles. The Morgan fingerprint density at radius 1 is 1.36 bits per heavy atom. The summed E-state index contributed by atoms with van der Waals surface area (Å²) in [4.78, 5) is 10.2. The third kappa shape index (κ3) is 4.05. The lowest BCUT2D eigenvalue weighted by Crippen LogP contribution is -2.12. The van der Waals surface area contributed by atoms with Crippen LogP contribution in [0.25, 0.3) is 0 Å². The number of halogens is 3. The maximum atomic E-state index is 10.2. The number of hydrogen-bond donors (Lipinski definition) is 2. The predicted molar refractivity (Wildman–Crippen MR) is 59.8 cm³/mol. The molecule has 0 aliphatic carbocycles. The summed E-state index contributed by atoms with van der Waals surface area (Å²) in [5.74, 6) is -0.925. The van der Waals surface area contributed by atoms with Crippen molar-refractivity contribution in [2.45, 2.75) is 0 Å². The minimum absolute atomic E-state index is 0. The Bertz CT molecular complexity index is 330. The van der Waals surface area contributed by atoms with Gasteiger partial charge in [-0.15, -0.1) is 12.4 Å². The number of anilines is 1. The van der Waals surface area contributed by atoms with Crippen LogP contribution in [-0.4, -0.2) is 17.6 Å².